The predicted molar refractivity (Wildman–Crippen MR) is 89.7 cm³/mol. The zero-order valence-corrected chi connectivity index (χ0v) is 14.4. The summed E-state index contributed by atoms with van der Waals surface area (Å²) in [6.45, 7) is 1.26. The molecule has 8 heteroatoms. The van der Waals surface area contributed by atoms with E-state index in [1.165, 1.54) is 6.07 Å². The molecule has 2 aromatic rings. The van der Waals surface area contributed by atoms with Crippen LogP contribution in [0.2, 0.25) is 0 Å². The molecular weight excluding hydrogens is 375 g/mol. The van der Waals surface area contributed by atoms with E-state index in [4.69, 9.17) is 4.74 Å². The quantitative estimate of drug-likeness (QED) is 0.482. The molecule has 0 heterocycles. The minimum atomic E-state index is -4.46. The molecule has 0 aliphatic heterocycles. The Morgan fingerprint density at radius 2 is 1.73 bits per heavy atom. The molecule has 0 bridgehead atoms. The van der Waals surface area contributed by atoms with Crippen molar-refractivity contribution in [2.75, 3.05) is 12.4 Å². The van der Waals surface area contributed by atoms with Crippen LogP contribution in [0.25, 0.3) is 0 Å². The number of halogens is 5. The number of phenols is 1. The maximum Gasteiger partial charge on any atom is 0.416 e. The van der Waals surface area contributed by atoms with Crippen LogP contribution >= 0.6 is 11.8 Å². The van der Waals surface area contributed by atoms with Crippen LogP contribution in [-0.2, 0) is 6.18 Å². The molecule has 0 aliphatic rings. The molecule has 2 rings (SSSR count). The minimum Gasteiger partial charge on any atom is -0.508 e. The molecule has 2 aromatic carbocycles. The fraction of sp³-hybridized carbons (Fsp3) is 0.222. The van der Waals surface area contributed by atoms with Gasteiger partial charge < -0.3 is 9.84 Å². The van der Waals surface area contributed by atoms with E-state index >= 15 is 0 Å². The molecule has 0 fully saturated rings. The Labute approximate surface area is 151 Å². The van der Waals surface area contributed by atoms with Gasteiger partial charge in [0.15, 0.2) is 0 Å². The summed E-state index contributed by atoms with van der Waals surface area (Å²) in [4.78, 5) is 0.702. The normalized spacial score (nSPS) is 11.3. The van der Waals surface area contributed by atoms with Crippen molar-refractivity contribution >= 4 is 11.8 Å². The van der Waals surface area contributed by atoms with Gasteiger partial charge >= 0.3 is 6.18 Å². The lowest BCUT2D eigenvalue weighted by Gasteiger charge is -2.11. The summed E-state index contributed by atoms with van der Waals surface area (Å²) in [6.07, 6.45) is -6.35. The zero-order chi connectivity index (χ0) is 19.3. The molecule has 0 aromatic heterocycles. The van der Waals surface area contributed by atoms with Crippen LogP contribution < -0.4 is 4.74 Å². The van der Waals surface area contributed by atoms with E-state index < -0.39 is 24.4 Å². The number of alkyl halides is 3. The van der Waals surface area contributed by atoms with Crippen LogP contribution in [0.15, 0.2) is 59.0 Å². The second-order valence-electron chi connectivity index (χ2n) is 5.41. The fourth-order valence-corrected chi connectivity index (χ4v) is 2.91. The van der Waals surface area contributed by atoms with Gasteiger partial charge in [-0.2, -0.15) is 22.0 Å². The lowest BCUT2D eigenvalue weighted by molar-refractivity contribution is -0.137. The Balaban J connectivity index is 1.96. The second-order valence-corrected chi connectivity index (χ2v) is 6.46. The molecule has 0 radical (unpaired) electrons. The second kappa shape index (κ2) is 8.44. The Morgan fingerprint density at radius 1 is 1.08 bits per heavy atom. The molecule has 0 atom stereocenters. The molecule has 0 spiro atoms. The molecule has 140 valence electrons. The molecule has 0 saturated heterocycles. The van der Waals surface area contributed by atoms with Crippen LogP contribution in [-0.4, -0.2) is 17.5 Å². The van der Waals surface area contributed by atoms with Crippen LogP contribution in [0.4, 0.5) is 22.0 Å². The number of aromatic hydroxyl groups is 1. The van der Waals surface area contributed by atoms with E-state index in [0.29, 0.717) is 10.5 Å². The Bertz CT molecular complexity index is 781. The van der Waals surface area contributed by atoms with E-state index in [1.54, 1.807) is 19.1 Å². The van der Waals surface area contributed by atoms with Crippen molar-refractivity contribution < 1.29 is 31.8 Å². The lowest BCUT2D eigenvalue weighted by atomic mass is 10.2. The average Bonchev–Trinajstić information content (AvgIpc) is 2.57. The summed E-state index contributed by atoms with van der Waals surface area (Å²) >= 11 is 1.14. The Kier molecular flexibility index (Phi) is 6.52. The third-order valence-electron chi connectivity index (χ3n) is 3.44. The highest BCUT2D eigenvalue weighted by molar-refractivity contribution is 7.99. The topological polar surface area (TPSA) is 29.5 Å². The number of phenolic OH excluding ortho intramolecular Hbond substituents is 1. The van der Waals surface area contributed by atoms with Crippen LogP contribution in [0.3, 0.4) is 0 Å². The summed E-state index contributed by atoms with van der Waals surface area (Å²) in [7, 11) is 0. The highest BCUT2D eigenvalue weighted by atomic mass is 32.2. The van der Waals surface area contributed by atoms with Crippen molar-refractivity contribution in [3.63, 3.8) is 0 Å². The van der Waals surface area contributed by atoms with Gasteiger partial charge in [0.2, 0.25) is 0 Å². The summed E-state index contributed by atoms with van der Waals surface area (Å²) in [5, 5.41) is 9.46. The fourth-order valence-electron chi connectivity index (χ4n) is 1.95. The smallest absolute Gasteiger partial charge is 0.416 e. The number of ether oxygens (including phenoxy) is 1. The van der Waals surface area contributed by atoms with E-state index in [0.717, 1.165) is 36.0 Å². The molecule has 0 aliphatic carbocycles. The van der Waals surface area contributed by atoms with Gasteiger partial charge in [0.25, 0.3) is 6.08 Å². The summed E-state index contributed by atoms with van der Waals surface area (Å²) in [5.41, 5.74) is -0.474. The average molecular weight is 390 g/mol. The van der Waals surface area contributed by atoms with Gasteiger partial charge in [-0.05, 0) is 55.0 Å². The summed E-state index contributed by atoms with van der Waals surface area (Å²) in [6, 6.07) is 8.60. The van der Waals surface area contributed by atoms with Crippen molar-refractivity contribution in [2.45, 2.75) is 18.0 Å². The van der Waals surface area contributed by atoms with Crippen LogP contribution in [0.1, 0.15) is 11.1 Å². The molecule has 2 nitrogen and oxygen atoms in total. The van der Waals surface area contributed by atoms with Gasteiger partial charge in [-0.1, -0.05) is 0 Å². The molecule has 1 N–H and O–H groups in total. The zero-order valence-electron chi connectivity index (χ0n) is 13.6. The Hall–Kier alpha value is -2.22. The maximum absolute atomic E-state index is 13.1. The first-order valence-electron chi connectivity index (χ1n) is 7.42. The third-order valence-corrected chi connectivity index (χ3v) is 4.52. The van der Waals surface area contributed by atoms with Crippen molar-refractivity contribution in [3.05, 3.63) is 65.2 Å². The molecular formula is C18H15F5O2S. The SMILES string of the molecule is Cc1cc(SCC(COc2ccc(C(F)(F)F)cc2)=C(F)F)ccc1O. The van der Waals surface area contributed by atoms with Gasteiger partial charge in [-0.15, -0.1) is 11.8 Å². The van der Waals surface area contributed by atoms with Gasteiger partial charge in [0.05, 0.1) is 5.56 Å². The third kappa shape index (κ3) is 5.66. The van der Waals surface area contributed by atoms with E-state index in [-0.39, 0.29) is 22.8 Å². The number of rotatable bonds is 6. The van der Waals surface area contributed by atoms with Crippen LogP contribution in [0.5, 0.6) is 11.5 Å². The Morgan fingerprint density at radius 3 is 2.27 bits per heavy atom. The highest BCUT2D eigenvalue weighted by Gasteiger charge is 2.30. The predicted octanol–water partition coefficient (Wildman–Crippen LogP) is 6.04. The number of hydrogen-bond acceptors (Lipinski definition) is 3. The maximum atomic E-state index is 13.1. The van der Waals surface area contributed by atoms with E-state index in [9.17, 15) is 27.1 Å². The molecule has 0 saturated carbocycles. The lowest BCUT2D eigenvalue weighted by Crippen LogP contribution is -2.06. The van der Waals surface area contributed by atoms with Crippen molar-refractivity contribution in [2.24, 2.45) is 0 Å². The van der Waals surface area contributed by atoms with Gasteiger partial charge in [-0.25, -0.2) is 0 Å². The number of aryl methyl sites for hydroxylation is 1. The summed E-state index contributed by atoms with van der Waals surface area (Å²) in [5.74, 6) is 0.141. The first-order valence-corrected chi connectivity index (χ1v) is 8.41. The van der Waals surface area contributed by atoms with Crippen LogP contribution in [0, 0.1) is 6.92 Å². The molecule has 0 amide bonds. The number of thioether (sulfide) groups is 1. The largest absolute Gasteiger partial charge is 0.508 e. The van der Waals surface area contributed by atoms with Crippen molar-refractivity contribution in [1.82, 2.24) is 0 Å². The highest BCUT2D eigenvalue weighted by Crippen LogP contribution is 2.31. The van der Waals surface area contributed by atoms with E-state index in [1.807, 2.05) is 0 Å². The number of benzene rings is 2. The van der Waals surface area contributed by atoms with E-state index in [2.05, 4.69) is 0 Å². The van der Waals surface area contributed by atoms with Crippen molar-refractivity contribution in [3.8, 4) is 11.5 Å². The van der Waals surface area contributed by atoms with Gasteiger partial charge in [0, 0.05) is 16.2 Å². The summed E-state index contributed by atoms with van der Waals surface area (Å²) < 4.78 is 68.8. The van der Waals surface area contributed by atoms with Gasteiger partial charge in [0.1, 0.15) is 18.1 Å². The minimum absolute atomic E-state index is 0.0484. The van der Waals surface area contributed by atoms with Crippen molar-refractivity contribution in [1.29, 1.82) is 0 Å². The first-order chi connectivity index (χ1) is 12.2. The van der Waals surface area contributed by atoms with Gasteiger partial charge in [-0.3, -0.25) is 0 Å². The molecule has 26 heavy (non-hydrogen) atoms. The molecule has 0 unspecified atom stereocenters. The monoisotopic (exact) mass is 390 g/mol. The first kappa shape index (κ1) is 20.1. The standard InChI is InChI=1S/C18H15F5O2S/c1-11-8-15(6-7-16(11)24)26-10-12(17(19)20)9-25-14-4-2-13(3-5-14)18(21,22)23/h2-8,24H,9-10H2,1H3. The number of hydrogen-bond donors (Lipinski definition) is 1.